The molecule has 0 atom stereocenters. The minimum absolute atomic E-state index is 0.501. The standard InChI is InChI=1S/C8H7NSe/c1-6-5-10-8-7(6)3-2-4-9-8/h2-5H,1H3. The van der Waals surface area contributed by atoms with Gasteiger partial charge in [0.25, 0.3) is 0 Å². The van der Waals surface area contributed by atoms with Crippen LogP contribution in [0.1, 0.15) is 5.56 Å². The minimum atomic E-state index is 0.501. The van der Waals surface area contributed by atoms with Crippen LogP contribution in [0.3, 0.4) is 0 Å². The van der Waals surface area contributed by atoms with E-state index >= 15 is 0 Å². The number of aryl methyl sites for hydroxylation is 1. The number of hydrogen-bond donors (Lipinski definition) is 0. The first kappa shape index (κ1) is 6.14. The van der Waals surface area contributed by atoms with Crippen LogP contribution >= 0.6 is 0 Å². The van der Waals surface area contributed by atoms with E-state index in [4.69, 9.17) is 0 Å². The van der Waals surface area contributed by atoms with Gasteiger partial charge in [0.05, 0.1) is 0 Å². The molecule has 0 unspecified atom stereocenters. The van der Waals surface area contributed by atoms with E-state index in [1.54, 1.807) is 0 Å². The fourth-order valence-electron chi connectivity index (χ4n) is 0.993. The third-order valence-electron chi connectivity index (χ3n) is 1.54. The number of nitrogens with zero attached hydrogens (tertiary/aromatic N) is 1. The number of rotatable bonds is 0. The molecule has 0 bridgehead atoms. The second-order valence-corrected chi connectivity index (χ2v) is 4.08. The maximum atomic E-state index is 4.29. The van der Waals surface area contributed by atoms with Gasteiger partial charge >= 0.3 is 65.0 Å². The first-order valence-electron chi connectivity index (χ1n) is 3.17. The van der Waals surface area contributed by atoms with Crippen molar-refractivity contribution in [2.24, 2.45) is 0 Å². The fraction of sp³-hybridized carbons (Fsp3) is 0.125. The molecular weight excluding hydrogens is 189 g/mol. The van der Waals surface area contributed by atoms with Gasteiger partial charge in [0.15, 0.2) is 0 Å². The summed E-state index contributed by atoms with van der Waals surface area (Å²) < 4.78 is 1.28. The molecule has 2 heterocycles. The molecule has 50 valence electrons. The molecule has 0 N–H and O–H groups in total. The van der Waals surface area contributed by atoms with E-state index in [1.807, 2.05) is 12.3 Å². The Kier molecular flexibility index (Phi) is 1.37. The van der Waals surface area contributed by atoms with E-state index in [1.165, 1.54) is 15.3 Å². The Morgan fingerprint density at radius 1 is 1.50 bits per heavy atom. The second kappa shape index (κ2) is 2.22. The second-order valence-electron chi connectivity index (χ2n) is 2.27. The average Bonchev–Trinajstić information content (AvgIpc) is 2.34. The Morgan fingerprint density at radius 3 is 3.20 bits per heavy atom. The van der Waals surface area contributed by atoms with Crippen molar-refractivity contribution in [2.75, 3.05) is 0 Å². The molecule has 0 saturated heterocycles. The van der Waals surface area contributed by atoms with Crippen molar-refractivity contribution in [2.45, 2.75) is 6.92 Å². The zero-order valence-electron chi connectivity index (χ0n) is 5.66. The zero-order chi connectivity index (χ0) is 6.97. The third kappa shape index (κ3) is 0.808. The van der Waals surface area contributed by atoms with Crippen LogP contribution in [0, 0.1) is 6.92 Å². The average molecular weight is 196 g/mol. The Morgan fingerprint density at radius 2 is 2.40 bits per heavy atom. The van der Waals surface area contributed by atoms with Gasteiger partial charge in [0, 0.05) is 0 Å². The number of fused-ring (bicyclic) bond motifs is 1. The molecule has 0 fully saturated rings. The van der Waals surface area contributed by atoms with Gasteiger partial charge in [-0.2, -0.15) is 0 Å². The molecule has 0 aliphatic heterocycles. The molecular formula is C8H7NSe. The molecule has 2 aromatic rings. The zero-order valence-corrected chi connectivity index (χ0v) is 7.38. The van der Waals surface area contributed by atoms with Gasteiger partial charge in [0.1, 0.15) is 0 Å². The van der Waals surface area contributed by atoms with E-state index < -0.39 is 0 Å². The number of hydrogen-bond acceptors (Lipinski definition) is 1. The Balaban J connectivity index is 2.93. The van der Waals surface area contributed by atoms with Gasteiger partial charge in [-0.3, -0.25) is 0 Å². The molecule has 0 aliphatic carbocycles. The normalized spacial score (nSPS) is 10.5. The molecule has 10 heavy (non-hydrogen) atoms. The van der Waals surface area contributed by atoms with Crippen molar-refractivity contribution in [3.05, 3.63) is 28.8 Å². The van der Waals surface area contributed by atoms with Crippen LogP contribution in [-0.2, 0) is 0 Å². The predicted molar refractivity (Wildman–Crippen MR) is 43.4 cm³/mol. The van der Waals surface area contributed by atoms with Crippen molar-refractivity contribution >= 4 is 24.3 Å². The molecule has 2 rings (SSSR count). The van der Waals surface area contributed by atoms with E-state index in [-0.39, 0.29) is 0 Å². The van der Waals surface area contributed by atoms with Crippen LogP contribution in [0.25, 0.3) is 9.78 Å². The summed E-state index contributed by atoms with van der Waals surface area (Å²) in [5.41, 5.74) is 1.39. The molecule has 0 amide bonds. The van der Waals surface area contributed by atoms with Gasteiger partial charge in [-0.1, -0.05) is 0 Å². The van der Waals surface area contributed by atoms with E-state index in [2.05, 4.69) is 22.9 Å². The molecule has 0 aliphatic rings. The van der Waals surface area contributed by atoms with Gasteiger partial charge in [-0.25, -0.2) is 0 Å². The molecule has 0 spiro atoms. The van der Waals surface area contributed by atoms with Crippen molar-refractivity contribution in [3.63, 3.8) is 0 Å². The first-order chi connectivity index (χ1) is 4.88. The monoisotopic (exact) mass is 197 g/mol. The topological polar surface area (TPSA) is 12.9 Å². The quantitative estimate of drug-likeness (QED) is 0.583. The van der Waals surface area contributed by atoms with Crippen LogP contribution in [-0.4, -0.2) is 19.5 Å². The van der Waals surface area contributed by atoms with Gasteiger partial charge in [0.2, 0.25) is 0 Å². The molecule has 0 radical (unpaired) electrons. The van der Waals surface area contributed by atoms with Crippen molar-refractivity contribution in [1.29, 1.82) is 0 Å². The van der Waals surface area contributed by atoms with E-state index in [9.17, 15) is 0 Å². The van der Waals surface area contributed by atoms with Crippen LogP contribution in [0.15, 0.2) is 23.3 Å². The molecule has 2 aromatic heterocycles. The number of pyridine rings is 1. The Hall–Kier alpha value is -0.591. The van der Waals surface area contributed by atoms with Gasteiger partial charge < -0.3 is 0 Å². The van der Waals surface area contributed by atoms with Crippen LogP contribution in [0.2, 0.25) is 0 Å². The summed E-state index contributed by atoms with van der Waals surface area (Å²) in [6, 6.07) is 4.14. The SMILES string of the molecule is Cc1c[se]c2ncccc12. The molecule has 1 nitrogen and oxygen atoms in total. The van der Waals surface area contributed by atoms with Crippen molar-refractivity contribution < 1.29 is 0 Å². The van der Waals surface area contributed by atoms with Crippen molar-refractivity contribution in [3.8, 4) is 0 Å². The van der Waals surface area contributed by atoms with Crippen LogP contribution < -0.4 is 0 Å². The first-order valence-corrected chi connectivity index (χ1v) is 5.01. The number of aromatic nitrogens is 1. The molecule has 2 heteroatoms. The summed E-state index contributed by atoms with van der Waals surface area (Å²) in [6.45, 7) is 2.15. The maximum absolute atomic E-state index is 4.29. The Bertz CT molecular complexity index is 351. The van der Waals surface area contributed by atoms with Gasteiger partial charge in [-0.15, -0.1) is 0 Å². The van der Waals surface area contributed by atoms with Crippen LogP contribution in [0.4, 0.5) is 0 Å². The van der Waals surface area contributed by atoms with Gasteiger partial charge in [-0.05, 0) is 0 Å². The summed E-state index contributed by atoms with van der Waals surface area (Å²) in [5, 5.41) is 1.35. The van der Waals surface area contributed by atoms with Crippen LogP contribution in [0.5, 0.6) is 0 Å². The summed E-state index contributed by atoms with van der Waals surface area (Å²) in [7, 11) is 0. The van der Waals surface area contributed by atoms with Crippen molar-refractivity contribution in [1.82, 2.24) is 4.98 Å². The summed E-state index contributed by atoms with van der Waals surface area (Å²) in [6.07, 6.45) is 1.87. The fourth-order valence-corrected chi connectivity index (χ4v) is 2.87. The third-order valence-corrected chi connectivity index (χ3v) is 3.68. The summed E-state index contributed by atoms with van der Waals surface area (Å²) >= 11 is 0.501. The summed E-state index contributed by atoms with van der Waals surface area (Å²) in [5.74, 6) is 0. The van der Waals surface area contributed by atoms with E-state index in [0.717, 1.165) is 0 Å². The predicted octanol–water partition coefficient (Wildman–Crippen LogP) is 1.60. The summed E-state index contributed by atoms with van der Waals surface area (Å²) in [4.78, 5) is 6.57. The Labute approximate surface area is 65.5 Å². The molecule has 0 aromatic carbocycles. The molecule has 0 saturated carbocycles. The van der Waals surface area contributed by atoms with E-state index in [0.29, 0.717) is 14.5 Å².